The summed E-state index contributed by atoms with van der Waals surface area (Å²) in [6.45, 7) is 0. The maximum atomic E-state index is 13.2. The van der Waals surface area contributed by atoms with Gasteiger partial charge in [-0.1, -0.05) is 11.8 Å². The lowest BCUT2D eigenvalue weighted by atomic mass is 10.2. The Morgan fingerprint density at radius 2 is 1.80 bits per heavy atom. The number of nitrogen functional groups attached to an aromatic ring is 1. The SMILES string of the molecule is CSc1nc(N)n2nc(-c3cc(F)cc(F)c3)nc2n1. The van der Waals surface area contributed by atoms with E-state index in [0.717, 1.165) is 18.2 Å². The lowest BCUT2D eigenvalue weighted by Gasteiger charge is -1.97. The molecule has 0 radical (unpaired) electrons. The summed E-state index contributed by atoms with van der Waals surface area (Å²) in [5.41, 5.74) is 5.94. The molecule has 2 aromatic heterocycles. The van der Waals surface area contributed by atoms with Crippen molar-refractivity contribution < 1.29 is 8.78 Å². The van der Waals surface area contributed by atoms with E-state index in [2.05, 4.69) is 20.1 Å². The number of benzene rings is 1. The maximum Gasteiger partial charge on any atom is 0.258 e. The molecule has 1 aromatic carbocycles. The largest absolute Gasteiger partial charge is 0.368 e. The normalized spacial score (nSPS) is 11.2. The number of hydrogen-bond acceptors (Lipinski definition) is 6. The highest BCUT2D eigenvalue weighted by Crippen LogP contribution is 2.20. The average molecular weight is 294 g/mol. The number of fused-ring (bicyclic) bond motifs is 1. The predicted molar refractivity (Wildman–Crippen MR) is 70.1 cm³/mol. The van der Waals surface area contributed by atoms with Gasteiger partial charge < -0.3 is 5.73 Å². The van der Waals surface area contributed by atoms with Crippen LogP contribution in [-0.4, -0.2) is 30.8 Å². The molecule has 0 unspecified atom stereocenters. The Hall–Kier alpha value is -2.29. The Labute approximate surface area is 116 Å². The van der Waals surface area contributed by atoms with Gasteiger partial charge in [0.15, 0.2) is 11.0 Å². The van der Waals surface area contributed by atoms with Gasteiger partial charge in [-0.05, 0) is 18.4 Å². The van der Waals surface area contributed by atoms with Crippen molar-refractivity contribution in [2.24, 2.45) is 0 Å². The van der Waals surface area contributed by atoms with Crippen molar-refractivity contribution in [1.82, 2.24) is 24.6 Å². The molecular weight excluding hydrogens is 286 g/mol. The van der Waals surface area contributed by atoms with E-state index >= 15 is 0 Å². The molecule has 6 nitrogen and oxygen atoms in total. The van der Waals surface area contributed by atoms with Crippen molar-refractivity contribution in [3.05, 3.63) is 29.8 Å². The molecule has 0 saturated heterocycles. The van der Waals surface area contributed by atoms with E-state index in [4.69, 9.17) is 5.73 Å². The summed E-state index contributed by atoms with van der Waals surface area (Å²) in [5.74, 6) is -0.954. The summed E-state index contributed by atoms with van der Waals surface area (Å²) in [6.07, 6.45) is 1.80. The van der Waals surface area contributed by atoms with E-state index in [1.54, 1.807) is 6.26 Å². The first-order valence-corrected chi connectivity index (χ1v) is 6.70. The Morgan fingerprint density at radius 3 is 2.45 bits per heavy atom. The molecular formula is C11H8F2N6S. The number of nitrogens with zero attached hydrogens (tertiary/aromatic N) is 5. The third-order valence-corrected chi connectivity index (χ3v) is 3.06. The minimum atomic E-state index is -0.706. The van der Waals surface area contributed by atoms with E-state index < -0.39 is 11.6 Å². The number of aromatic nitrogens is 5. The monoisotopic (exact) mass is 294 g/mol. The van der Waals surface area contributed by atoms with Crippen LogP contribution in [0.4, 0.5) is 14.7 Å². The highest BCUT2D eigenvalue weighted by Gasteiger charge is 2.13. The van der Waals surface area contributed by atoms with Gasteiger partial charge in [0.25, 0.3) is 5.78 Å². The first-order chi connectivity index (χ1) is 9.56. The Balaban J connectivity index is 2.20. The summed E-state index contributed by atoms with van der Waals surface area (Å²) < 4.78 is 27.6. The van der Waals surface area contributed by atoms with Gasteiger partial charge >= 0.3 is 0 Å². The molecule has 102 valence electrons. The van der Waals surface area contributed by atoms with Gasteiger partial charge in [0, 0.05) is 11.6 Å². The van der Waals surface area contributed by atoms with Crippen LogP contribution in [0.1, 0.15) is 0 Å². The first-order valence-electron chi connectivity index (χ1n) is 5.47. The Kier molecular flexibility index (Phi) is 2.97. The van der Waals surface area contributed by atoms with E-state index in [-0.39, 0.29) is 23.1 Å². The molecule has 0 amide bonds. The zero-order chi connectivity index (χ0) is 14.3. The highest BCUT2D eigenvalue weighted by atomic mass is 32.2. The quantitative estimate of drug-likeness (QED) is 0.725. The summed E-state index contributed by atoms with van der Waals surface area (Å²) in [5, 5.41) is 4.50. The van der Waals surface area contributed by atoms with Gasteiger partial charge in [-0.15, -0.1) is 5.10 Å². The van der Waals surface area contributed by atoms with Gasteiger partial charge in [0.1, 0.15) is 11.6 Å². The van der Waals surface area contributed by atoms with Gasteiger partial charge in [-0.2, -0.15) is 19.5 Å². The summed E-state index contributed by atoms with van der Waals surface area (Å²) in [6, 6.07) is 3.05. The van der Waals surface area contributed by atoms with Crippen LogP contribution in [0.15, 0.2) is 23.4 Å². The van der Waals surface area contributed by atoms with Crippen LogP contribution in [0.5, 0.6) is 0 Å². The van der Waals surface area contributed by atoms with Crippen LogP contribution >= 0.6 is 11.8 Å². The minimum absolute atomic E-state index is 0.106. The van der Waals surface area contributed by atoms with Crippen molar-refractivity contribution in [2.45, 2.75) is 5.16 Å². The molecule has 3 aromatic rings. The fraction of sp³-hybridized carbons (Fsp3) is 0.0909. The van der Waals surface area contributed by atoms with Crippen molar-refractivity contribution in [2.75, 3.05) is 12.0 Å². The molecule has 20 heavy (non-hydrogen) atoms. The molecule has 0 fully saturated rings. The van der Waals surface area contributed by atoms with E-state index in [1.807, 2.05) is 0 Å². The van der Waals surface area contributed by atoms with E-state index in [9.17, 15) is 8.78 Å². The van der Waals surface area contributed by atoms with Gasteiger partial charge in [0.05, 0.1) is 0 Å². The summed E-state index contributed by atoms with van der Waals surface area (Å²) in [4.78, 5) is 12.2. The molecule has 0 spiro atoms. The molecule has 3 rings (SSSR count). The molecule has 0 saturated carbocycles. The topological polar surface area (TPSA) is 82.0 Å². The van der Waals surface area contributed by atoms with Gasteiger partial charge in [-0.3, -0.25) is 0 Å². The number of halogens is 2. The number of nitrogens with two attached hydrogens (primary N) is 1. The summed E-state index contributed by atoms with van der Waals surface area (Å²) in [7, 11) is 0. The second kappa shape index (κ2) is 4.67. The average Bonchev–Trinajstić information content (AvgIpc) is 2.82. The molecule has 2 N–H and O–H groups in total. The number of rotatable bonds is 2. The second-order valence-corrected chi connectivity index (χ2v) is 4.65. The second-order valence-electron chi connectivity index (χ2n) is 3.87. The van der Waals surface area contributed by atoms with Crippen molar-refractivity contribution in [3.8, 4) is 11.4 Å². The van der Waals surface area contributed by atoms with Crippen LogP contribution in [0.3, 0.4) is 0 Å². The van der Waals surface area contributed by atoms with Crippen molar-refractivity contribution in [1.29, 1.82) is 0 Å². The Bertz CT molecular complexity index is 783. The fourth-order valence-electron chi connectivity index (χ4n) is 1.68. The molecule has 9 heteroatoms. The summed E-state index contributed by atoms with van der Waals surface area (Å²) >= 11 is 1.30. The zero-order valence-corrected chi connectivity index (χ0v) is 11.0. The van der Waals surface area contributed by atoms with Crippen molar-refractivity contribution in [3.63, 3.8) is 0 Å². The van der Waals surface area contributed by atoms with Crippen LogP contribution < -0.4 is 5.73 Å². The third kappa shape index (κ3) is 2.16. The lowest BCUT2D eigenvalue weighted by Crippen LogP contribution is -2.04. The van der Waals surface area contributed by atoms with E-state index in [1.165, 1.54) is 16.3 Å². The van der Waals surface area contributed by atoms with E-state index in [0.29, 0.717) is 5.16 Å². The molecule has 0 atom stereocenters. The lowest BCUT2D eigenvalue weighted by molar-refractivity contribution is 0.584. The maximum absolute atomic E-state index is 13.2. The minimum Gasteiger partial charge on any atom is -0.368 e. The number of anilines is 1. The zero-order valence-electron chi connectivity index (χ0n) is 10.2. The standard InChI is InChI=1S/C11H8F2N6S/c1-20-11-16-9(14)19-10(17-11)15-8(18-19)5-2-6(12)4-7(13)3-5/h2-4H,1H3,(H2,14,15,16,17,18). The van der Waals surface area contributed by atoms with Gasteiger partial charge in [0.2, 0.25) is 5.95 Å². The third-order valence-electron chi connectivity index (χ3n) is 2.52. The first kappa shape index (κ1) is 12.7. The number of thioether (sulfide) groups is 1. The van der Waals surface area contributed by atoms with Gasteiger partial charge in [-0.25, -0.2) is 8.78 Å². The molecule has 0 aliphatic heterocycles. The fourth-order valence-corrected chi connectivity index (χ4v) is 2.04. The molecule has 0 aliphatic rings. The number of hydrogen-bond donors (Lipinski definition) is 1. The van der Waals surface area contributed by atoms with Crippen LogP contribution in [0.25, 0.3) is 17.2 Å². The van der Waals surface area contributed by atoms with Crippen molar-refractivity contribution >= 4 is 23.5 Å². The highest BCUT2D eigenvalue weighted by molar-refractivity contribution is 7.98. The predicted octanol–water partition coefficient (Wildman–Crippen LogP) is 1.77. The smallest absolute Gasteiger partial charge is 0.258 e. The van der Waals surface area contributed by atoms with Crippen LogP contribution in [0.2, 0.25) is 0 Å². The van der Waals surface area contributed by atoms with Crippen LogP contribution in [0, 0.1) is 11.6 Å². The Morgan fingerprint density at radius 1 is 1.10 bits per heavy atom. The molecule has 0 aliphatic carbocycles. The molecule has 2 heterocycles. The molecule has 0 bridgehead atoms. The van der Waals surface area contributed by atoms with Crippen LogP contribution in [-0.2, 0) is 0 Å².